The lowest BCUT2D eigenvalue weighted by atomic mass is 9.84. The summed E-state index contributed by atoms with van der Waals surface area (Å²) in [5, 5.41) is 14.9. The van der Waals surface area contributed by atoms with E-state index in [9.17, 15) is 14.3 Å². The Morgan fingerprint density at radius 1 is 1.09 bits per heavy atom. The number of likely N-dealkylation sites (tertiary alicyclic amines) is 1. The predicted octanol–water partition coefficient (Wildman–Crippen LogP) is 4.62. The first-order valence-corrected chi connectivity index (χ1v) is 11.5. The molecule has 7 heteroatoms. The highest BCUT2D eigenvalue weighted by molar-refractivity contribution is 5.96. The fourth-order valence-electron chi connectivity index (χ4n) is 4.54. The first kappa shape index (κ1) is 22.4. The van der Waals surface area contributed by atoms with E-state index < -0.39 is 5.60 Å². The fraction of sp³-hybridized carbons (Fsp3) is 0.296. The van der Waals surface area contributed by atoms with Gasteiger partial charge in [0.15, 0.2) is 5.76 Å². The average molecular weight is 463 g/mol. The molecule has 5 rings (SSSR count). The number of benzene rings is 2. The number of fused-ring (bicyclic) bond motifs is 1. The molecule has 2 aromatic carbocycles. The zero-order valence-electron chi connectivity index (χ0n) is 18.8. The summed E-state index contributed by atoms with van der Waals surface area (Å²) in [6.45, 7) is 2.64. The molecule has 1 aliphatic heterocycles. The van der Waals surface area contributed by atoms with Crippen molar-refractivity contribution in [2.24, 2.45) is 0 Å². The van der Waals surface area contributed by atoms with Crippen molar-refractivity contribution < 1.29 is 23.1 Å². The van der Waals surface area contributed by atoms with Crippen LogP contribution in [-0.4, -0.2) is 35.5 Å². The van der Waals surface area contributed by atoms with Crippen LogP contribution in [0.4, 0.5) is 4.39 Å². The van der Waals surface area contributed by atoms with E-state index >= 15 is 0 Å². The highest BCUT2D eigenvalue weighted by Crippen LogP contribution is 2.35. The van der Waals surface area contributed by atoms with Crippen LogP contribution >= 0.6 is 0 Å². The van der Waals surface area contributed by atoms with Gasteiger partial charge in [-0.05, 0) is 72.9 Å². The molecule has 2 N–H and O–H groups in total. The summed E-state index contributed by atoms with van der Waals surface area (Å²) in [5.74, 6) is 0.527. The van der Waals surface area contributed by atoms with Gasteiger partial charge in [-0.15, -0.1) is 0 Å². The minimum atomic E-state index is -0.918. The molecule has 0 spiro atoms. The number of carbonyl (C=O) groups is 1. The number of furan rings is 2. The summed E-state index contributed by atoms with van der Waals surface area (Å²) in [5.41, 5.74) is 1.32. The number of hydrogen-bond donors (Lipinski definition) is 2. The standard InChI is InChI=1S/C27H27FN2O4/c28-22-4-1-3-19(15-22)8-11-29-26(31)25-17-20-16-21(6-7-24(20)34-25)27(32)9-12-30(13-10-27)18-23-5-2-14-33-23/h1-7,14-17,32H,8-13,18H2,(H,29,31). The molecule has 1 saturated heterocycles. The number of nitrogens with zero attached hydrogens (tertiary/aromatic N) is 1. The third-order valence-corrected chi connectivity index (χ3v) is 6.51. The van der Waals surface area contributed by atoms with Crippen LogP contribution in [0, 0.1) is 5.82 Å². The van der Waals surface area contributed by atoms with Crippen LogP contribution in [0.5, 0.6) is 0 Å². The first-order valence-electron chi connectivity index (χ1n) is 11.5. The van der Waals surface area contributed by atoms with Crippen molar-refractivity contribution in [2.75, 3.05) is 19.6 Å². The van der Waals surface area contributed by atoms with Gasteiger partial charge in [-0.3, -0.25) is 9.69 Å². The Morgan fingerprint density at radius 2 is 1.94 bits per heavy atom. The van der Waals surface area contributed by atoms with Gasteiger partial charge in [0.25, 0.3) is 5.91 Å². The lowest BCUT2D eigenvalue weighted by Gasteiger charge is -2.38. The lowest BCUT2D eigenvalue weighted by molar-refractivity contribution is -0.0288. The van der Waals surface area contributed by atoms with Gasteiger partial charge in [0.2, 0.25) is 0 Å². The van der Waals surface area contributed by atoms with E-state index in [4.69, 9.17) is 8.83 Å². The highest BCUT2D eigenvalue weighted by Gasteiger charge is 2.34. The first-order chi connectivity index (χ1) is 16.5. The average Bonchev–Trinajstić information content (AvgIpc) is 3.50. The van der Waals surface area contributed by atoms with Gasteiger partial charge in [-0.2, -0.15) is 0 Å². The molecular weight excluding hydrogens is 435 g/mol. The number of aliphatic hydroxyl groups is 1. The maximum atomic E-state index is 13.3. The van der Waals surface area contributed by atoms with Gasteiger partial charge < -0.3 is 19.3 Å². The van der Waals surface area contributed by atoms with E-state index in [-0.39, 0.29) is 17.5 Å². The summed E-state index contributed by atoms with van der Waals surface area (Å²) in [7, 11) is 0. The molecule has 4 aromatic rings. The van der Waals surface area contributed by atoms with Crippen molar-refractivity contribution in [1.82, 2.24) is 10.2 Å². The van der Waals surface area contributed by atoms with Crippen molar-refractivity contribution in [3.8, 4) is 0 Å². The van der Waals surface area contributed by atoms with E-state index in [0.717, 1.165) is 41.9 Å². The second kappa shape index (κ2) is 9.44. The van der Waals surface area contributed by atoms with E-state index in [1.165, 1.54) is 12.1 Å². The van der Waals surface area contributed by atoms with Gasteiger partial charge in [-0.1, -0.05) is 18.2 Å². The van der Waals surface area contributed by atoms with Gasteiger partial charge in [0.1, 0.15) is 17.2 Å². The molecule has 2 aromatic heterocycles. The van der Waals surface area contributed by atoms with Crippen molar-refractivity contribution in [3.63, 3.8) is 0 Å². The molecule has 6 nitrogen and oxygen atoms in total. The summed E-state index contributed by atoms with van der Waals surface area (Å²) < 4.78 is 24.5. The molecule has 0 radical (unpaired) electrons. The van der Waals surface area contributed by atoms with Crippen molar-refractivity contribution >= 4 is 16.9 Å². The van der Waals surface area contributed by atoms with Crippen LogP contribution in [-0.2, 0) is 18.6 Å². The Balaban J connectivity index is 1.21. The third kappa shape index (κ3) is 4.90. The Kier molecular flexibility index (Phi) is 6.22. The summed E-state index contributed by atoms with van der Waals surface area (Å²) >= 11 is 0. The van der Waals surface area contributed by atoms with Gasteiger partial charge in [-0.25, -0.2) is 4.39 Å². The monoisotopic (exact) mass is 462 g/mol. The molecule has 176 valence electrons. The highest BCUT2D eigenvalue weighted by atomic mass is 19.1. The van der Waals surface area contributed by atoms with Gasteiger partial charge in [0.05, 0.1) is 18.4 Å². The van der Waals surface area contributed by atoms with Crippen molar-refractivity contribution in [3.05, 3.63) is 95.4 Å². The van der Waals surface area contributed by atoms with Crippen LogP contribution in [0.1, 0.15) is 40.3 Å². The van der Waals surface area contributed by atoms with E-state index in [1.54, 1.807) is 24.5 Å². The number of hydrogen-bond acceptors (Lipinski definition) is 5. The molecule has 1 amide bonds. The third-order valence-electron chi connectivity index (χ3n) is 6.51. The van der Waals surface area contributed by atoms with Crippen LogP contribution in [0.25, 0.3) is 11.0 Å². The molecule has 0 bridgehead atoms. The van der Waals surface area contributed by atoms with E-state index in [1.807, 2.05) is 30.3 Å². The summed E-state index contributed by atoms with van der Waals surface area (Å²) in [6, 6.07) is 17.5. The summed E-state index contributed by atoms with van der Waals surface area (Å²) in [6.07, 6.45) is 3.43. The number of amides is 1. The molecule has 0 aliphatic carbocycles. The normalized spacial score (nSPS) is 16.1. The molecule has 0 unspecified atom stereocenters. The Bertz CT molecular complexity index is 1270. The Hall–Kier alpha value is -3.42. The smallest absolute Gasteiger partial charge is 0.287 e. The molecule has 1 fully saturated rings. The molecule has 1 aliphatic rings. The zero-order valence-corrected chi connectivity index (χ0v) is 18.8. The second-order valence-electron chi connectivity index (χ2n) is 8.89. The molecule has 34 heavy (non-hydrogen) atoms. The molecule has 0 saturated carbocycles. The second-order valence-corrected chi connectivity index (χ2v) is 8.89. The fourth-order valence-corrected chi connectivity index (χ4v) is 4.54. The Labute approximate surface area is 197 Å². The molecular formula is C27H27FN2O4. The van der Waals surface area contributed by atoms with Gasteiger partial charge >= 0.3 is 0 Å². The quantitative estimate of drug-likeness (QED) is 0.419. The Morgan fingerprint density at radius 3 is 2.71 bits per heavy atom. The maximum absolute atomic E-state index is 13.3. The van der Waals surface area contributed by atoms with Crippen LogP contribution in [0.15, 0.2) is 75.8 Å². The lowest BCUT2D eigenvalue weighted by Crippen LogP contribution is -2.42. The number of piperidine rings is 1. The van der Waals surface area contributed by atoms with Gasteiger partial charge in [0, 0.05) is 25.0 Å². The van der Waals surface area contributed by atoms with Crippen molar-refractivity contribution in [1.29, 1.82) is 0 Å². The maximum Gasteiger partial charge on any atom is 0.287 e. The topological polar surface area (TPSA) is 78.9 Å². The SMILES string of the molecule is O=C(NCCc1cccc(F)c1)c1cc2cc(C3(O)CCN(Cc4ccco4)CC3)ccc2o1. The number of halogens is 1. The van der Waals surface area contributed by atoms with E-state index in [0.29, 0.717) is 31.4 Å². The van der Waals surface area contributed by atoms with Crippen LogP contribution < -0.4 is 5.32 Å². The number of carbonyl (C=O) groups excluding carboxylic acids is 1. The van der Waals surface area contributed by atoms with Crippen LogP contribution in [0.2, 0.25) is 0 Å². The van der Waals surface area contributed by atoms with Crippen LogP contribution in [0.3, 0.4) is 0 Å². The molecule has 0 atom stereocenters. The number of rotatable bonds is 7. The summed E-state index contributed by atoms with van der Waals surface area (Å²) in [4.78, 5) is 14.8. The van der Waals surface area contributed by atoms with E-state index in [2.05, 4.69) is 10.2 Å². The zero-order chi connectivity index (χ0) is 23.5. The van der Waals surface area contributed by atoms with Crippen molar-refractivity contribution in [2.45, 2.75) is 31.4 Å². The minimum absolute atomic E-state index is 0.214. The minimum Gasteiger partial charge on any atom is -0.468 e. The largest absolute Gasteiger partial charge is 0.468 e. The molecule has 3 heterocycles. The number of nitrogens with one attached hydrogen (secondary N) is 1. The predicted molar refractivity (Wildman–Crippen MR) is 126 cm³/mol.